The van der Waals surface area contributed by atoms with Gasteiger partial charge < -0.3 is 4.74 Å². The Morgan fingerprint density at radius 3 is 2.50 bits per heavy atom. The molecule has 0 spiro atoms. The maximum absolute atomic E-state index is 12.5. The molecule has 0 saturated carbocycles. The highest BCUT2D eigenvalue weighted by Crippen LogP contribution is 2.35. The number of ether oxygens (including phenoxy) is 1. The number of fused-ring (bicyclic) bond motifs is 1. The lowest BCUT2D eigenvalue weighted by molar-refractivity contribution is -0.137. The van der Waals surface area contributed by atoms with Crippen molar-refractivity contribution >= 4 is 22.2 Å². The number of benzene rings is 2. The van der Waals surface area contributed by atoms with Gasteiger partial charge in [-0.3, -0.25) is 0 Å². The molecule has 1 aliphatic heterocycles. The zero-order valence-corrected chi connectivity index (χ0v) is 13.4. The predicted octanol–water partition coefficient (Wildman–Crippen LogP) is 3.40. The van der Waals surface area contributed by atoms with Gasteiger partial charge in [0.05, 0.1) is 17.7 Å². The summed E-state index contributed by atoms with van der Waals surface area (Å²) in [5.74, 6) is -0.273. The van der Waals surface area contributed by atoms with Crippen molar-refractivity contribution in [2.24, 2.45) is 4.99 Å². The lowest BCUT2D eigenvalue weighted by atomic mass is 10.1. The number of hydrogen-bond acceptors (Lipinski definition) is 3. The van der Waals surface area contributed by atoms with Crippen LogP contribution in [0.4, 0.5) is 0 Å². The summed E-state index contributed by atoms with van der Waals surface area (Å²) < 4.78 is 6.36. The molecule has 0 saturated heterocycles. The molecular weight excluding hydrogens is 294 g/mol. The van der Waals surface area contributed by atoms with Crippen LogP contribution in [0.3, 0.4) is 0 Å². The van der Waals surface area contributed by atoms with E-state index in [-0.39, 0.29) is 16.5 Å². The molecule has 0 aliphatic carbocycles. The minimum absolute atomic E-state index is 0.273. The average molecular weight is 311 g/mol. The molecule has 0 aromatic heterocycles. The molecule has 22 heavy (non-hydrogen) atoms. The van der Waals surface area contributed by atoms with Crippen LogP contribution >= 0.6 is 10.5 Å². The monoisotopic (exact) mass is 311 g/mol. The summed E-state index contributed by atoms with van der Waals surface area (Å²) in [5.41, 5.74) is 1.67. The zero-order chi connectivity index (χ0) is 15.5. The van der Waals surface area contributed by atoms with Gasteiger partial charge in [0.1, 0.15) is 4.91 Å². The molecule has 2 aromatic rings. The van der Waals surface area contributed by atoms with E-state index in [1.54, 1.807) is 0 Å². The van der Waals surface area contributed by atoms with Crippen molar-refractivity contribution in [2.75, 3.05) is 12.9 Å². The van der Waals surface area contributed by atoms with Crippen molar-refractivity contribution in [3.8, 4) is 0 Å². The van der Waals surface area contributed by atoms with E-state index in [9.17, 15) is 4.79 Å². The maximum atomic E-state index is 12.5. The normalized spacial score (nSPS) is 16.7. The molecule has 0 N–H and O–H groups in total. The number of carbonyl (C=O) groups excluding carboxylic acids is 1. The topological polar surface area (TPSA) is 38.7 Å². The quantitative estimate of drug-likeness (QED) is 0.644. The van der Waals surface area contributed by atoms with Crippen LogP contribution < -0.4 is 5.36 Å². The number of esters is 1. The fourth-order valence-electron chi connectivity index (χ4n) is 2.44. The van der Waals surface area contributed by atoms with Gasteiger partial charge in [-0.1, -0.05) is 42.5 Å². The molecule has 1 aliphatic rings. The van der Waals surface area contributed by atoms with Gasteiger partial charge in [-0.25, -0.2) is 9.79 Å². The second kappa shape index (κ2) is 6.28. The molecule has 3 rings (SSSR count). The van der Waals surface area contributed by atoms with E-state index in [0.29, 0.717) is 11.5 Å². The van der Waals surface area contributed by atoms with Crippen LogP contribution in [0.5, 0.6) is 0 Å². The number of carbonyl (C=O) groups is 1. The Kier molecular flexibility index (Phi) is 4.20. The summed E-state index contributed by atoms with van der Waals surface area (Å²) in [6, 6.07) is 17.8. The molecule has 0 bridgehead atoms. The summed E-state index contributed by atoms with van der Waals surface area (Å²) >= 11 is 0. The largest absolute Gasteiger partial charge is 0.462 e. The second-order valence-corrected chi connectivity index (χ2v) is 6.72. The molecule has 1 atom stereocenters. The predicted molar refractivity (Wildman–Crippen MR) is 89.9 cm³/mol. The lowest BCUT2D eigenvalue weighted by Crippen LogP contribution is -2.15. The average Bonchev–Trinajstić information content (AvgIpc) is 2.55. The van der Waals surface area contributed by atoms with Crippen LogP contribution in [0.1, 0.15) is 12.5 Å². The van der Waals surface area contributed by atoms with E-state index in [1.807, 2.05) is 61.5 Å². The lowest BCUT2D eigenvalue weighted by Gasteiger charge is -2.16. The molecule has 112 valence electrons. The van der Waals surface area contributed by atoms with Gasteiger partial charge >= 0.3 is 5.97 Å². The minimum Gasteiger partial charge on any atom is -0.462 e. The van der Waals surface area contributed by atoms with E-state index in [1.165, 1.54) is 0 Å². The van der Waals surface area contributed by atoms with Gasteiger partial charge in [-0.15, -0.1) is 10.5 Å². The smallest absolute Gasteiger partial charge is 0.346 e. The van der Waals surface area contributed by atoms with E-state index in [4.69, 9.17) is 9.73 Å². The highest BCUT2D eigenvalue weighted by molar-refractivity contribution is 8.13. The first-order valence-electron chi connectivity index (χ1n) is 7.16. The summed E-state index contributed by atoms with van der Waals surface area (Å²) in [6.07, 6.45) is 2.06. The van der Waals surface area contributed by atoms with Gasteiger partial charge in [0, 0.05) is 10.1 Å². The van der Waals surface area contributed by atoms with Crippen LogP contribution in [0, 0.1) is 4.51 Å². The Balaban J connectivity index is 2.31. The summed E-state index contributed by atoms with van der Waals surface area (Å²) in [7, 11) is -0.354. The molecule has 1 heterocycles. The Morgan fingerprint density at radius 2 is 1.77 bits per heavy atom. The van der Waals surface area contributed by atoms with Crippen molar-refractivity contribution < 1.29 is 9.53 Å². The first-order chi connectivity index (χ1) is 10.7. The number of hydrogen-bond donors (Lipinski definition) is 0. The highest BCUT2D eigenvalue weighted by Gasteiger charge is 2.22. The van der Waals surface area contributed by atoms with Gasteiger partial charge in [-0.05, 0) is 25.3 Å². The first kappa shape index (κ1) is 14.7. The fraction of sp³-hybridized carbons (Fsp3) is 0.167. The Morgan fingerprint density at radius 1 is 1.09 bits per heavy atom. The zero-order valence-electron chi connectivity index (χ0n) is 12.6. The summed E-state index contributed by atoms with van der Waals surface area (Å²) in [6.45, 7) is 2.19. The van der Waals surface area contributed by atoms with Crippen molar-refractivity contribution in [2.45, 2.75) is 6.92 Å². The number of rotatable bonds is 3. The Labute approximate surface area is 131 Å². The van der Waals surface area contributed by atoms with Crippen molar-refractivity contribution in [3.05, 3.63) is 74.9 Å². The SMILES string of the molecule is CCOC(=O)C1=C(c2ccccc2)N=c2ccccc2=S1C. The van der Waals surface area contributed by atoms with E-state index < -0.39 is 0 Å². The van der Waals surface area contributed by atoms with Crippen molar-refractivity contribution in [3.63, 3.8) is 0 Å². The molecule has 0 radical (unpaired) electrons. The third-order valence-electron chi connectivity index (χ3n) is 3.46. The Hall–Kier alpha value is -2.20. The summed E-state index contributed by atoms with van der Waals surface area (Å²) in [4.78, 5) is 17.9. The highest BCUT2D eigenvalue weighted by atomic mass is 32.2. The van der Waals surface area contributed by atoms with Crippen LogP contribution in [0.25, 0.3) is 5.70 Å². The summed E-state index contributed by atoms with van der Waals surface area (Å²) in [5, 5.41) is 0.931. The molecular formula is C18H17NO2S. The molecule has 0 fully saturated rings. The van der Waals surface area contributed by atoms with Gasteiger partial charge in [0.2, 0.25) is 0 Å². The standard InChI is InChI=1S/C18H17NO2S/c1-3-21-18(20)17-16(13-9-5-4-6-10-13)19-14-11-7-8-12-15(14)22(17)2/h4-12H,3H2,1-2H3. The van der Waals surface area contributed by atoms with E-state index in [0.717, 1.165) is 21.1 Å². The van der Waals surface area contributed by atoms with Crippen LogP contribution in [0.15, 0.2) is 64.5 Å². The van der Waals surface area contributed by atoms with Gasteiger partial charge in [-0.2, -0.15) is 0 Å². The first-order valence-corrected chi connectivity index (χ1v) is 8.79. The fourth-order valence-corrected chi connectivity index (χ4v) is 4.14. The molecule has 0 amide bonds. The van der Waals surface area contributed by atoms with Crippen LogP contribution in [0.2, 0.25) is 0 Å². The van der Waals surface area contributed by atoms with Gasteiger partial charge in [0.15, 0.2) is 0 Å². The third-order valence-corrected chi connectivity index (χ3v) is 5.43. The number of nitrogens with zero attached hydrogens (tertiary/aromatic N) is 1. The third kappa shape index (κ3) is 2.62. The maximum Gasteiger partial charge on any atom is 0.346 e. The molecule has 2 aromatic carbocycles. The van der Waals surface area contributed by atoms with E-state index >= 15 is 0 Å². The van der Waals surface area contributed by atoms with Gasteiger partial charge in [0.25, 0.3) is 0 Å². The number of para-hydroxylation sites is 1. The molecule has 3 nitrogen and oxygen atoms in total. The minimum atomic E-state index is -0.354. The van der Waals surface area contributed by atoms with Crippen LogP contribution in [-0.4, -0.2) is 18.8 Å². The Bertz CT molecular complexity index is 869. The van der Waals surface area contributed by atoms with Crippen molar-refractivity contribution in [1.29, 1.82) is 0 Å². The second-order valence-electron chi connectivity index (χ2n) is 4.85. The van der Waals surface area contributed by atoms with Crippen LogP contribution in [-0.2, 0) is 9.53 Å². The molecule has 4 heteroatoms. The van der Waals surface area contributed by atoms with Crippen molar-refractivity contribution in [1.82, 2.24) is 0 Å². The van der Waals surface area contributed by atoms with E-state index in [2.05, 4.69) is 6.26 Å². The molecule has 1 unspecified atom stereocenters.